The molecule has 0 bridgehead atoms. The van der Waals surface area contributed by atoms with Gasteiger partial charge in [0.1, 0.15) is 0 Å². The van der Waals surface area contributed by atoms with E-state index in [1.165, 1.54) is 0 Å². The first kappa shape index (κ1) is 20.4. The van der Waals surface area contributed by atoms with Gasteiger partial charge in [-0.1, -0.05) is 26.0 Å². The Morgan fingerprint density at radius 3 is 2.22 bits per heavy atom. The predicted octanol–water partition coefficient (Wildman–Crippen LogP) is 4.39. The number of hydrogen-bond acceptors (Lipinski definition) is 3. The third kappa shape index (κ3) is 4.40. The van der Waals surface area contributed by atoms with Crippen molar-refractivity contribution in [3.05, 3.63) is 24.3 Å². The van der Waals surface area contributed by atoms with E-state index in [1.54, 1.807) is 0 Å². The van der Waals surface area contributed by atoms with E-state index in [-0.39, 0.29) is 23.0 Å². The van der Waals surface area contributed by atoms with Gasteiger partial charge in [-0.05, 0) is 82.8 Å². The van der Waals surface area contributed by atoms with E-state index < -0.39 is 7.12 Å². The first-order valence-corrected chi connectivity index (χ1v) is 10.4. The molecule has 5 heteroatoms. The van der Waals surface area contributed by atoms with Crippen molar-refractivity contribution < 1.29 is 14.1 Å². The monoisotopic (exact) mass is 371 g/mol. The molecule has 2 fully saturated rings. The van der Waals surface area contributed by atoms with Crippen molar-refractivity contribution >= 4 is 24.2 Å². The van der Waals surface area contributed by atoms with Crippen LogP contribution in [-0.2, 0) is 14.1 Å². The summed E-state index contributed by atoms with van der Waals surface area (Å²) < 4.78 is 12.3. The van der Waals surface area contributed by atoms with Crippen molar-refractivity contribution in [2.24, 2.45) is 17.8 Å². The Balaban J connectivity index is 1.62. The second kappa shape index (κ2) is 7.59. The van der Waals surface area contributed by atoms with Crippen molar-refractivity contribution in [1.82, 2.24) is 0 Å². The molecule has 1 aliphatic carbocycles. The minimum absolute atomic E-state index is 0.125. The van der Waals surface area contributed by atoms with Crippen LogP contribution in [0.25, 0.3) is 0 Å². The van der Waals surface area contributed by atoms with Crippen molar-refractivity contribution in [3.8, 4) is 0 Å². The zero-order valence-electron chi connectivity index (χ0n) is 17.7. The number of amides is 1. The molecule has 1 saturated heterocycles. The fourth-order valence-electron chi connectivity index (χ4n) is 4.03. The summed E-state index contributed by atoms with van der Waals surface area (Å²) in [6.07, 6.45) is 4.30. The second-order valence-electron chi connectivity index (χ2n) is 9.56. The van der Waals surface area contributed by atoms with E-state index in [0.29, 0.717) is 5.92 Å². The fraction of sp³-hybridized carbons (Fsp3) is 0.682. The molecule has 148 valence electrons. The average Bonchev–Trinajstić information content (AvgIpc) is 2.83. The first-order valence-electron chi connectivity index (χ1n) is 10.4. The number of benzene rings is 1. The summed E-state index contributed by atoms with van der Waals surface area (Å²) in [5, 5.41) is 3.11. The van der Waals surface area contributed by atoms with Crippen molar-refractivity contribution in [2.75, 3.05) is 5.32 Å². The van der Waals surface area contributed by atoms with Gasteiger partial charge >= 0.3 is 7.12 Å². The molecule has 1 aromatic rings. The molecule has 1 N–H and O–H groups in total. The topological polar surface area (TPSA) is 47.6 Å². The number of carbonyl (C=O) groups is 1. The summed E-state index contributed by atoms with van der Waals surface area (Å²) in [6.45, 7) is 12.8. The lowest BCUT2D eigenvalue weighted by atomic mass is 9.76. The van der Waals surface area contributed by atoms with Crippen LogP contribution in [0.3, 0.4) is 0 Å². The van der Waals surface area contributed by atoms with Crippen LogP contribution in [-0.4, -0.2) is 24.2 Å². The number of nitrogens with one attached hydrogen (secondary N) is 1. The van der Waals surface area contributed by atoms with Crippen molar-refractivity contribution in [2.45, 2.75) is 78.4 Å². The Bertz CT molecular complexity index is 662. The average molecular weight is 371 g/mol. The molecule has 0 atom stereocenters. The van der Waals surface area contributed by atoms with Gasteiger partial charge in [0, 0.05) is 11.6 Å². The van der Waals surface area contributed by atoms with E-state index in [9.17, 15) is 4.79 Å². The Labute approximate surface area is 164 Å². The molecule has 1 saturated carbocycles. The van der Waals surface area contributed by atoms with Crippen LogP contribution in [0.4, 0.5) is 5.69 Å². The summed E-state index contributed by atoms with van der Waals surface area (Å²) in [6, 6.07) is 7.85. The van der Waals surface area contributed by atoms with Crippen LogP contribution in [0, 0.1) is 17.8 Å². The predicted molar refractivity (Wildman–Crippen MR) is 111 cm³/mol. The van der Waals surface area contributed by atoms with Gasteiger partial charge in [-0.25, -0.2) is 0 Å². The quantitative estimate of drug-likeness (QED) is 0.799. The zero-order valence-corrected chi connectivity index (χ0v) is 17.7. The van der Waals surface area contributed by atoms with Crippen molar-refractivity contribution in [3.63, 3.8) is 0 Å². The maximum Gasteiger partial charge on any atom is 0.494 e. The van der Waals surface area contributed by atoms with Gasteiger partial charge in [-0.15, -0.1) is 0 Å². The third-order valence-corrected chi connectivity index (χ3v) is 6.77. The smallest absolute Gasteiger partial charge is 0.399 e. The highest BCUT2D eigenvalue weighted by atomic mass is 16.7. The first-order chi connectivity index (χ1) is 12.6. The summed E-state index contributed by atoms with van der Waals surface area (Å²) in [5.74, 6) is 1.75. The molecule has 1 aliphatic heterocycles. The Kier molecular flexibility index (Phi) is 5.74. The Morgan fingerprint density at radius 2 is 1.67 bits per heavy atom. The number of rotatable bonds is 4. The zero-order chi connectivity index (χ0) is 19.8. The van der Waals surface area contributed by atoms with Crippen LogP contribution >= 0.6 is 0 Å². The number of hydrogen-bond donors (Lipinski definition) is 1. The van der Waals surface area contributed by atoms with E-state index in [1.807, 2.05) is 52.0 Å². The van der Waals surface area contributed by atoms with Gasteiger partial charge in [-0.3, -0.25) is 4.79 Å². The number of anilines is 1. The molecule has 0 aromatic heterocycles. The lowest BCUT2D eigenvalue weighted by Crippen LogP contribution is -2.41. The van der Waals surface area contributed by atoms with Gasteiger partial charge in [0.05, 0.1) is 11.2 Å². The van der Waals surface area contributed by atoms with E-state index in [2.05, 4.69) is 19.2 Å². The second-order valence-corrected chi connectivity index (χ2v) is 9.56. The molecule has 0 spiro atoms. The van der Waals surface area contributed by atoms with Gasteiger partial charge in [0.15, 0.2) is 0 Å². The summed E-state index contributed by atoms with van der Waals surface area (Å²) in [4.78, 5) is 12.7. The van der Waals surface area contributed by atoms with Crippen LogP contribution < -0.4 is 10.8 Å². The van der Waals surface area contributed by atoms with Crippen LogP contribution in [0.2, 0.25) is 0 Å². The molecule has 1 amide bonds. The SMILES string of the molecule is CC(C)C1CCC(C(=O)Nc2cccc(B3OC(C)(C)C(C)(C)O3)c2)CC1. The van der Waals surface area contributed by atoms with Crippen LogP contribution in [0.1, 0.15) is 67.2 Å². The molecular formula is C22H34BNO3. The molecule has 3 rings (SSSR count). The van der Waals surface area contributed by atoms with E-state index >= 15 is 0 Å². The number of carbonyl (C=O) groups excluding carboxylic acids is 1. The minimum Gasteiger partial charge on any atom is -0.399 e. The molecule has 0 unspecified atom stereocenters. The largest absolute Gasteiger partial charge is 0.494 e. The normalized spacial score (nSPS) is 27.0. The van der Waals surface area contributed by atoms with Gasteiger partial charge < -0.3 is 14.6 Å². The maximum absolute atomic E-state index is 12.7. The molecule has 27 heavy (non-hydrogen) atoms. The Morgan fingerprint density at radius 1 is 1.07 bits per heavy atom. The molecule has 4 nitrogen and oxygen atoms in total. The summed E-state index contributed by atoms with van der Waals surface area (Å²) in [5.41, 5.74) is 1.02. The third-order valence-electron chi connectivity index (χ3n) is 6.77. The molecule has 2 aliphatic rings. The van der Waals surface area contributed by atoms with E-state index in [0.717, 1.165) is 42.8 Å². The summed E-state index contributed by atoms with van der Waals surface area (Å²) in [7, 11) is -0.409. The lowest BCUT2D eigenvalue weighted by Gasteiger charge is -2.32. The lowest BCUT2D eigenvalue weighted by molar-refractivity contribution is -0.121. The standard InChI is InChI=1S/C22H34BNO3/c1-15(2)16-10-12-17(13-11-16)20(25)24-19-9-7-8-18(14-19)23-26-21(3,4)22(5,6)27-23/h7-9,14-17H,10-13H2,1-6H3,(H,24,25). The molecule has 1 heterocycles. The maximum atomic E-state index is 12.7. The highest BCUT2D eigenvalue weighted by Gasteiger charge is 2.51. The van der Waals surface area contributed by atoms with Gasteiger partial charge in [-0.2, -0.15) is 0 Å². The van der Waals surface area contributed by atoms with Crippen LogP contribution in [0.15, 0.2) is 24.3 Å². The molecular weight excluding hydrogens is 337 g/mol. The van der Waals surface area contributed by atoms with Crippen LogP contribution in [0.5, 0.6) is 0 Å². The highest BCUT2D eigenvalue weighted by Crippen LogP contribution is 2.37. The van der Waals surface area contributed by atoms with Crippen molar-refractivity contribution in [1.29, 1.82) is 0 Å². The molecule has 1 aromatic carbocycles. The molecule has 0 radical (unpaired) electrons. The van der Waals surface area contributed by atoms with E-state index in [4.69, 9.17) is 9.31 Å². The minimum atomic E-state index is -0.409. The summed E-state index contributed by atoms with van der Waals surface area (Å²) >= 11 is 0. The highest BCUT2D eigenvalue weighted by molar-refractivity contribution is 6.62. The van der Waals surface area contributed by atoms with Gasteiger partial charge in [0.2, 0.25) is 5.91 Å². The Hall–Kier alpha value is -1.33. The fourth-order valence-corrected chi connectivity index (χ4v) is 4.03. The van der Waals surface area contributed by atoms with Gasteiger partial charge in [0.25, 0.3) is 0 Å².